The van der Waals surface area contributed by atoms with E-state index in [-0.39, 0.29) is 30.6 Å². The molecule has 0 spiro atoms. The molecule has 0 aromatic heterocycles. The van der Waals surface area contributed by atoms with Crippen molar-refractivity contribution in [3.8, 4) is 0 Å². The molecule has 0 aromatic rings. The minimum Gasteiger partial charge on any atom is -0.454 e. The van der Waals surface area contributed by atoms with Gasteiger partial charge in [-0.05, 0) is 12.5 Å². The van der Waals surface area contributed by atoms with E-state index in [1.807, 2.05) is 0 Å². The van der Waals surface area contributed by atoms with Crippen LogP contribution in [0.3, 0.4) is 0 Å². The van der Waals surface area contributed by atoms with Gasteiger partial charge in [-0.2, -0.15) is 13.2 Å². The summed E-state index contributed by atoms with van der Waals surface area (Å²) in [6.45, 7) is 3.34. The lowest BCUT2D eigenvalue weighted by Gasteiger charge is -2.20. The van der Waals surface area contributed by atoms with Gasteiger partial charge < -0.3 is 9.47 Å². The first-order chi connectivity index (χ1) is 7.02. The Bertz CT molecular complexity index is 352. The van der Waals surface area contributed by atoms with Crippen molar-refractivity contribution in [2.45, 2.75) is 12.6 Å². The Morgan fingerprint density at radius 1 is 1.40 bits per heavy atom. The lowest BCUT2D eigenvalue weighted by molar-refractivity contribution is -0.0979. The molecular formula is C10H9F3O2. The van der Waals surface area contributed by atoms with Gasteiger partial charge in [-0.3, -0.25) is 0 Å². The Labute approximate surface area is 84.7 Å². The van der Waals surface area contributed by atoms with E-state index in [2.05, 4.69) is 6.58 Å². The molecule has 1 fully saturated rings. The lowest BCUT2D eigenvalue weighted by Crippen LogP contribution is -2.20. The summed E-state index contributed by atoms with van der Waals surface area (Å²) < 4.78 is 47.7. The van der Waals surface area contributed by atoms with Gasteiger partial charge in [0.25, 0.3) is 0 Å². The fraction of sp³-hybridized carbons (Fsp3) is 0.400. The molecule has 2 rings (SSSR count). The summed E-state index contributed by atoms with van der Waals surface area (Å²) in [6.07, 6.45) is -1.43. The summed E-state index contributed by atoms with van der Waals surface area (Å²) >= 11 is 0. The van der Waals surface area contributed by atoms with Crippen molar-refractivity contribution >= 4 is 0 Å². The second-order valence-corrected chi connectivity index (χ2v) is 3.35. The van der Waals surface area contributed by atoms with Crippen LogP contribution < -0.4 is 0 Å². The summed E-state index contributed by atoms with van der Waals surface area (Å²) in [5.41, 5.74) is -0.664. The van der Waals surface area contributed by atoms with Crippen LogP contribution in [0.15, 0.2) is 35.8 Å². The Kier molecular flexibility index (Phi) is 2.25. The van der Waals surface area contributed by atoms with Gasteiger partial charge in [-0.1, -0.05) is 6.08 Å². The van der Waals surface area contributed by atoms with Crippen LogP contribution in [-0.2, 0) is 9.47 Å². The normalized spacial score (nSPS) is 25.3. The van der Waals surface area contributed by atoms with E-state index < -0.39 is 11.7 Å². The molecule has 2 aliphatic rings. The van der Waals surface area contributed by atoms with Crippen molar-refractivity contribution in [2.24, 2.45) is 5.92 Å². The van der Waals surface area contributed by atoms with E-state index in [1.54, 1.807) is 6.08 Å². The molecule has 1 aliphatic heterocycles. The fourth-order valence-corrected chi connectivity index (χ4v) is 1.63. The molecule has 0 radical (unpaired) electrons. The van der Waals surface area contributed by atoms with E-state index >= 15 is 0 Å². The molecule has 1 atom stereocenters. The van der Waals surface area contributed by atoms with Crippen molar-refractivity contribution < 1.29 is 22.6 Å². The van der Waals surface area contributed by atoms with Gasteiger partial charge in [0.05, 0.1) is 5.57 Å². The van der Waals surface area contributed by atoms with E-state index in [9.17, 15) is 13.2 Å². The van der Waals surface area contributed by atoms with Gasteiger partial charge in [-0.25, -0.2) is 0 Å². The van der Waals surface area contributed by atoms with E-state index in [0.717, 1.165) is 0 Å². The molecular weight excluding hydrogens is 209 g/mol. The second kappa shape index (κ2) is 3.32. The average molecular weight is 218 g/mol. The molecule has 0 amide bonds. The molecule has 2 nitrogen and oxygen atoms in total. The van der Waals surface area contributed by atoms with Crippen molar-refractivity contribution in [3.05, 3.63) is 35.8 Å². The number of hydrogen-bond acceptors (Lipinski definition) is 2. The first-order valence-electron chi connectivity index (χ1n) is 4.43. The first kappa shape index (κ1) is 10.1. The zero-order chi connectivity index (χ0) is 11.1. The SMILES string of the molecule is C=CC1C=C2OCOC2=C(C(F)(F)F)C1. The van der Waals surface area contributed by atoms with Crippen LogP contribution in [0.4, 0.5) is 13.2 Å². The summed E-state index contributed by atoms with van der Waals surface area (Å²) in [4.78, 5) is 0. The number of alkyl halides is 3. The predicted molar refractivity (Wildman–Crippen MR) is 46.5 cm³/mol. The van der Waals surface area contributed by atoms with Gasteiger partial charge in [0.1, 0.15) is 0 Å². The second-order valence-electron chi connectivity index (χ2n) is 3.35. The first-order valence-corrected chi connectivity index (χ1v) is 4.43. The highest BCUT2D eigenvalue weighted by Crippen LogP contribution is 2.42. The maximum atomic E-state index is 12.6. The number of allylic oxidation sites excluding steroid dienone is 3. The minimum atomic E-state index is -4.37. The summed E-state index contributed by atoms with van der Waals surface area (Å²) in [6, 6.07) is 0. The van der Waals surface area contributed by atoms with Crippen LogP contribution in [0.2, 0.25) is 0 Å². The monoisotopic (exact) mass is 218 g/mol. The van der Waals surface area contributed by atoms with Crippen molar-refractivity contribution in [2.75, 3.05) is 6.79 Å². The van der Waals surface area contributed by atoms with Crippen LogP contribution in [0.25, 0.3) is 0 Å². The molecule has 0 N–H and O–H groups in total. The molecule has 0 bridgehead atoms. The standard InChI is InChI=1S/C10H9F3O2/c1-2-6-3-7(10(11,12)13)9-8(4-6)14-5-15-9/h2,4,6H,1,3,5H2. The number of ether oxygens (including phenoxy) is 2. The summed E-state index contributed by atoms with van der Waals surface area (Å²) in [5.74, 6) is -0.332. The summed E-state index contributed by atoms with van der Waals surface area (Å²) in [5, 5.41) is 0. The van der Waals surface area contributed by atoms with Gasteiger partial charge in [0, 0.05) is 5.92 Å². The molecule has 0 saturated carbocycles. The van der Waals surface area contributed by atoms with Crippen molar-refractivity contribution in [3.63, 3.8) is 0 Å². The van der Waals surface area contributed by atoms with Gasteiger partial charge >= 0.3 is 6.18 Å². The number of rotatable bonds is 1. The number of halogens is 3. The highest BCUT2D eigenvalue weighted by atomic mass is 19.4. The lowest BCUT2D eigenvalue weighted by atomic mass is 9.92. The van der Waals surface area contributed by atoms with Crippen LogP contribution in [0.1, 0.15) is 6.42 Å². The molecule has 15 heavy (non-hydrogen) atoms. The molecule has 1 saturated heterocycles. The van der Waals surface area contributed by atoms with Crippen LogP contribution >= 0.6 is 0 Å². The van der Waals surface area contributed by atoms with E-state index in [0.29, 0.717) is 0 Å². The molecule has 1 heterocycles. The number of hydrogen-bond donors (Lipinski definition) is 0. The largest absolute Gasteiger partial charge is 0.454 e. The molecule has 0 aromatic carbocycles. The highest BCUT2D eigenvalue weighted by Gasteiger charge is 2.42. The molecule has 1 unspecified atom stereocenters. The third-order valence-corrected chi connectivity index (χ3v) is 2.37. The smallest absolute Gasteiger partial charge is 0.416 e. The predicted octanol–water partition coefficient (Wildman–Crippen LogP) is 2.90. The highest BCUT2D eigenvalue weighted by molar-refractivity contribution is 5.36. The zero-order valence-corrected chi connectivity index (χ0v) is 7.80. The van der Waals surface area contributed by atoms with Crippen LogP contribution in [-0.4, -0.2) is 13.0 Å². The Morgan fingerprint density at radius 3 is 2.73 bits per heavy atom. The Morgan fingerprint density at radius 2 is 2.13 bits per heavy atom. The van der Waals surface area contributed by atoms with Gasteiger partial charge in [-0.15, -0.1) is 6.58 Å². The zero-order valence-electron chi connectivity index (χ0n) is 7.80. The van der Waals surface area contributed by atoms with E-state index in [1.165, 1.54) is 6.08 Å². The third kappa shape index (κ3) is 1.73. The summed E-state index contributed by atoms with van der Waals surface area (Å²) in [7, 11) is 0. The Hall–Kier alpha value is -1.39. The van der Waals surface area contributed by atoms with Crippen LogP contribution in [0.5, 0.6) is 0 Å². The number of fused-ring (bicyclic) bond motifs is 1. The fourth-order valence-electron chi connectivity index (χ4n) is 1.63. The minimum absolute atomic E-state index is 0.130. The van der Waals surface area contributed by atoms with Crippen LogP contribution in [0, 0.1) is 5.92 Å². The molecule has 82 valence electrons. The maximum Gasteiger partial charge on any atom is 0.416 e. The van der Waals surface area contributed by atoms with Crippen molar-refractivity contribution in [1.29, 1.82) is 0 Å². The van der Waals surface area contributed by atoms with E-state index in [4.69, 9.17) is 9.47 Å². The quantitative estimate of drug-likeness (QED) is 0.630. The maximum absolute atomic E-state index is 12.6. The third-order valence-electron chi connectivity index (χ3n) is 2.37. The molecule has 1 aliphatic carbocycles. The van der Waals surface area contributed by atoms with Gasteiger partial charge in [0.2, 0.25) is 6.79 Å². The van der Waals surface area contributed by atoms with Crippen molar-refractivity contribution in [1.82, 2.24) is 0 Å². The van der Waals surface area contributed by atoms with Gasteiger partial charge in [0.15, 0.2) is 11.5 Å². The molecule has 5 heteroatoms. The Balaban J connectivity index is 2.42. The topological polar surface area (TPSA) is 18.5 Å². The average Bonchev–Trinajstić information content (AvgIpc) is 2.61.